The van der Waals surface area contributed by atoms with Crippen molar-refractivity contribution in [2.45, 2.75) is 174 Å². The van der Waals surface area contributed by atoms with Gasteiger partial charge in [-0.25, -0.2) is 4.79 Å². The van der Waals surface area contributed by atoms with Crippen molar-refractivity contribution in [3.05, 3.63) is 102 Å². The third-order valence-corrected chi connectivity index (χ3v) is 24.4. The molecule has 0 aliphatic carbocycles. The Balaban J connectivity index is 1.75. The first kappa shape index (κ1) is 56.2. The Morgan fingerprint density at radius 2 is 1.37 bits per heavy atom. The van der Waals surface area contributed by atoms with Gasteiger partial charge in [0.25, 0.3) is 8.32 Å². The van der Waals surface area contributed by atoms with Gasteiger partial charge in [0, 0.05) is 26.9 Å². The minimum absolute atomic E-state index is 0.0233. The Morgan fingerprint density at radius 3 is 1.91 bits per heavy atom. The quantitative estimate of drug-likeness (QED) is 0.0286. The lowest BCUT2D eigenvalue weighted by molar-refractivity contribution is -0.151. The van der Waals surface area contributed by atoms with E-state index in [9.17, 15) is 4.79 Å². The molecule has 9 nitrogen and oxygen atoms in total. The van der Waals surface area contributed by atoms with Crippen molar-refractivity contribution in [1.29, 1.82) is 0 Å². The number of methoxy groups -OCH3 is 1. The van der Waals surface area contributed by atoms with Crippen LogP contribution in [0.5, 0.6) is 11.5 Å². The van der Waals surface area contributed by atoms with Crippen molar-refractivity contribution in [1.82, 2.24) is 0 Å². The van der Waals surface area contributed by atoms with Crippen LogP contribution in [0.2, 0.25) is 48.9 Å². The molecule has 1 saturated heterocycles. The summed E-state index contributed by atoms with van der Waals surface area (Å²) in [6, 6.07) is 26.1. The maximum absolute atomic E-state index is 14.0. The van der Waals surface area contributed by atoms with E-state index in [4.69, 9.17) is 37.3 Å². The van der Waals surface area contributed by atoms with Gasteiger partial charge in [-0.15, -0.1) is 0 Å². The number of esters is 1. The summed E-state index contributed by atoms with van der Waals surface area (Å²) in [5.74, 6) is -0.344. The second kappa shape index (κ2) is 24.0. The summed E-state index contributed by atoms with van der Waals surface area (Å²) in [7, 11) is -5.06. The van der Waals surface area contributed by atoms with Crippen LogP contribution < -0.4 is 19.8 Å². The van der Waals surface area contributed by atoms with Gasteiger partial charge >= 0.3 is 5.97 Å². The maximum atomic E-state index is 14.0. The molecule has 372 valence electrons. The van der Waals surface area contributed by atoms with E-state index in [0.717, 1.165) is 18.9 Å². The Labute approximate surface area is 408 Å². The van der Waals surface area contributed by atoms with E-state index >= 15 is 0 Å². The topological polar surface area (TPSA) is 90.9 Å². The van der Waals surface area contributed by atoms with Crippen molar-refractivity contribution in [2.24, 2.45) is 5.92 Å². The van der Waals surface area contributed by atoms with Gasteiger partial charge in [0.1, 0.15) is 23.2 Å². The van der Waals surface area contributed by atoms with Crippen molar-refractivity contribution in [3.8, 4) is 11.5 Å². The van der Waals surface area contributed by atoms with Crippen LogP contribution in [0.1, 0.15) is 111 Å². The van der Waals surface area contributed by atoms with E-state index in [1.807, 2.05) is 32.1 Å². The summed E-state index contributed by atoms with van der Waals surface area (Å²) in [4.78, 5) is 14.0. The molecule has 0 radical (unpaired) electrons. The lowest BCUT2D eigenvalue weighted by Crippen LogP contribution is -2.67. The number of ether oxygens (including phenoxy) is 6. The van der Waals surface area contributed by atoms with Crippen LogP contribution >= 0.6 is 0 Å². The number of carbonyl (C=O) groups is 1. The van der Waals surface area contributed by atoms with Crippen molar-refractivity contribution < 1.29 is 42.1 Å². The largest absolute Gasteiger partial charge is 0.493 e. The molecule has 0 bridgehead atoms. The van der Waals surface area contributed by atoms with E-state index in [2.05, 4.69) is 168 Å². The van der Waals surface area contributed by atoms with Crippen molar-refractivity contribution in [2.75, 3.05) is 27.1 Å². The summed E-state index contributed by atoms with van der Waals surface area (Å²) in [5.41, 5.74) is 0.902. The summed E-state index contributed by atoms with van der Waals surface area (Å²) in [6.07, 6.45) is 9.40. The first-order chi connectivity index (χ1) is 31.3. The van der Waals surface area contributed by atoms with E-state index in [1.165, 1.54) is 10.4 Å². The number of rotatable bonds is 24. The van der Waals surface area contributed by atoms with Gasteiger partial charge in [-0.05, 0) is 91.3 Å². The van der Waals surface area contributed by atoms with Gasteiger partial charge < -0.3 is 37.3 Å². The molecule has 0 saturated carbocycles. The molecule has 4 rings (SSSR count). The second-order valence-corrected chi connectivity index (χ2v) is 37.0. The summed E-state index contributed by atoms with van der Waals surface area (Å²) in [5, 5.41) is 2.30. The molecule has 67 heavy (non-hydrogen) atoms. The lowest BCUT2D eigenvalue weighted by Gasteiger charge is -2.45. The normalized spacial score (nSPS) is 18.6. The number of benzene rings is 3. The fourth-order valence-corrected chi connectivity index (χ4v) is 14.8. The second-order valence-electron chi connectivity index (χ2n) is 22.4. The molecule has 1 heterocycles. The Morgan fingerprint density at radius 1 is 0.776 bits per heavy atom. The van der Waals surface area contributed by atoms with Crippen molar-refractivity contribution >= 4 is 47.1 Å². The van der Waals surface area contributed by atoms with Gasteiger partial charge in [-0.1, -0.05) is 166 Å². The number of hydrogen-bond donors (Lipinski definition) is 0. The molecule has 1 aliphatic heterocycles. The molecular weight excluding hydrogens is 889 g/mol. The zero-order valence-electron chi connectivity index (χ0n) is 44.2. The van der Waals surface area contributed by atoms with E-state index in [1.54, 1.807) is 13.2 Å². The first-order valence-electron chi connectivity index (χ1n) is 24.5. The molecule has 1 aliphatic rings. The highest BCUT2D eigenvalue weighted by Gasteiger charge is 2.52. The third-order valence-electron chi connectivity index (χ3n) is 13.1. The van der Waals surface area contributed by atoms with Crippen LogP contribution in [0.3, 0.4) is 0 Å². The van der Waals surface area contributed by atoms with Crippen LogP contribution in [0.4, 0.5) is 0 Å². The molecule has 3 aromatic carbocycles. The highest BCUT2D eigenvalue weighted by molar-refractivity contribution is 6.99. The summed E-state index contributed by atoms with van der Waals surface area (Å²) < 4.78 is 52.0. The Kier molecular flexibility index (Phi) is 20.1. The van der Waals surface area contributed by atoms with E-state index in [-0.39, 0.29) is 35.0 Å². The number of hydrogen-bond acceptors (Lipinski definition) is 9. The molecule has 5 atom stereocenters. The molecule has 0 N–H and O–H groups in total. The minimum atomic E-state index is -2.80. The van der Waals surface area contributed by atoms with Crippen LogP contribution in [0.25, 0.3) is 6.08 Å². The van der Waals surface area contributed by atoms with Crippen LogP contribution in [-0.4, -0.2) is 88.0 Å². The molecule has 3 aromatic rings. The number of unbranched alkanes of at least 4 members (excludes halogenated alkanes) is 1. The molecule has 0 aromatic heterocycles. The predicted octanol–water partition coefficient (Wildman–Crippen LogP) is 12.8. The van der Waals surface area contributed by atoms with Gasteiger partial charge in [0.05, 0.1) is 25.4 Å². The Hall–Kier alpha value is -3.34. The minimum Gasteiger partial charge on any atom is -0.493 e. The highest BCUT2D eigenvalue weighted by Crippen LogP contribution is 2.42. The van der Waals surface area contributed by atoms with Gasteiger partial charge in [-0.3, -0.25) is 0 Å². The first-order valence-corrected chi connectivity index (χ1v) is 33.0. The van der Waals surface area contributed by atoms with Gasteiger partial charge in [-0.2, -0.15) is 0 Å². The van der Waals surface area contributed by atoms with Crippen LogP contribution in [0, 0.1) is 5.92 Å². The zero-order chi connectivity index (χ0) is 49.8. The molecule has 1 unspecified atom stereocenters. The third kappa shape index (κ3) is 15.3. The van der Waals surface area contributed by atoms with Crippen LogP contribution in [0.15, 0.2) is 91.0 Å². The summed E-state index contributed by atoms with van der Waals surface area (Å²) >= 11 is 0. The maximum Gasteiger partial charge on any atom is 0.342 e. The number of carbonyl (C=O) groups excluding carboxylic acids is 1. The van der Waals surface area contributed by atoms with Gasteiger partial charge in [0.2, 0.25) is 0 Å². The van der Waals surface area contributed by atoms with Gasteiger partial charge in [0.15, 0.2) is 20.9 Å². The van der Waals surface area contributed by atoms with Crippen molar-refractivity contribution in [3.63, 3.8) is 0 Å². The van der Waals surface area contributed by atoms with Crippen LogP contribution in [-0.2, 0) is 27.8 Å². The average Bonchev–Trinajstić information content (AvgIpc) is 3.56. The smallest absolute Gasteiger partial charge is 0.342 e. The Bertz CT molecular complexity index is 2010. The zero-order valence-corrected chi connectivity index (χ0v) is 47.2. The fourth-order valence-electron chi connectivity index (χ4n) is 8.07. The lowest BCUT2D eigenvalue weighted by atomic mass is 9.99. The fraction of sp³-hybridized carbons (Fsp3) is 0.582. The predicted molar refractivity (Wildman–Crippen MR) is 284 cm³/mol. The summed E-state index contributed by atoms with van der Waals surface area (Å²) in [6.45, 7) is 36.4. The standard InChI is InChI=1S/C55H86O9Si3/c1-18-19-37-58-46-35-36-47(60-40-57-12)50(52(56)59-38-39-65(13,14)15)45(46)31-26-32-48-51(62-55(10,11)61-48)49(64-66(16,17)53(4,5)6)34-33-41(2)42(3)63-67(54(7,8)9,43-27-22-20-23-28-43)44-29-24-21-25-30-44/h20-31,33-36,41-42,48-49,51H,18-19,32,37-40H2,1-17H3/b31-26+,34-33-/t41-,42-,48+,49?,51+/m1/s1. The highest BCUT2D eigenvalue weighted by atomic mass is 28.4. The SMILES string of the molecule is CCCCOc1ccc(OCOC)c(C(=O)OCC[Si](C)(C)C)c1/C=C/C[C@@H]1OC(C)(C)O[C@@H]1C(/C=C\[C@@H](C)[C@@H](C)O[Si](c1ccccc1)(c1ccccc1)C(C)(C)C)O[Si](C)(C)C(C)(C)C. The molecule has 0 spiro atoms. The molecule has 0 amide bonds. The molecule has 1 fully saturated rings. The average molecular weight is 976 g/mol. The monoisotopic (exact) mass is 975 g/mol. The van der Waals surface area contributed by atoms with E-state index < -0.39 is 48.7 Å². The molecular formula is C55H86O9Si3. The van der Waals surface area contributed by atoms with E-state index in [0.29, 0.717) is 42.3 Å². The molecule has 12 heteroatoms.